The summed E-state index contributed by atoms with van der Waals surface area (Å²) in [5, 5.41) is 14.0. The maximum absolute atomic E-state index is 12.2. The van der Waals surface area contributed by atoms with Gasteiger partial charge < -0.3 is 5.11 Å². The summed E-state index contributed by atoms with van der Waals surface area (Å²) in [4.78, 5) is 10.8. The van der Waals surface area contributed by atoms with E-state index in [2.05, 4.69) is 10.2 Å². The predicted octanol–water partition coefficient (Wildman–Crippen LogP) is 1.54. The second-order valence-corrected chi connectivity index (χ2v) is 3.55. The Balaban J connectivity index is 2.33. The molecule has 0 saturated heterocycles. The van der Waals surface area contributed by atoms with Gasteiger partial charge in [0.15, 0.2) is 5.69 Å². The molecule has 1 saturated carbocycles. The number of nitrogens with zero attached hydrogens (tertiary/aromatic N) is 1. The van der Waals surface area contributed by atoms with Crippen molar-refractivity contribution in [3.05, 3.63) is 17.5 Å². The lowest BCUT2D eigenvalue weighted by atomic mass is 10.0. The highest BCUT2D eigenvalue weighted by Gasteiger charge is 2.54. The topological polar surface area (TPSA) is 66.0 Å². The Kier molecular flexibility index (Phi) is 1.83. The minimum atomic E-state index is -4.54. The normalized spacial score (nSPS) is 18.9. The minimum Gasteiger partial charge on any atom is -0.481 e. The zero-order valence-corrected chi connectivity index (χ0v) is 7.43. The van der Waals surface area contributed by atoms with Crippen LogP contribution in [0.3, 0.4) is 0 Å². The molecule has 0 amide bonds. The number of hydrogen-bond donors (Lipinski definition) is 2. The van der Waals surface area contributed by atoms with Crippen molar-refractivity contribution in [2.75, 3.05) is 0 Å². The zero-order chi connectivity index (χ0) is 11.3. The van der Waals surface area contributed by atoms with Crippen LogP contribution < -0.4 is 0 Å². The Morgan fingerprint density at radius 1 is 1.53 bits per heavy atom. The van der Waals surface area contributed by atoms with Gasteiger partial charge in [0.2, 0.25) is 0 Å². The second kappa shape index (κ2) is 2.74. The molecular formula is C8H7F3N2O2. The molecule has 2 N–H and O–H groups in total. The highest BCUT2D eigenvalue weighted by atomic mass is 19.4. The first-order valence-electron chi connectivity index (χ1n) is 4.23. The third-order valence-corrected chi connectivity index (χ3v) is 2.54. The van der Waals surface area contributed by atoms with E-state index in [0.29, 0.717) is 12.8 Å². The van der Waals surface area contributed by atoms with Gasteiger partial charge in [0, 0.05) is 0 Å². The number of aromatic amines is 1. The van der Waals surface area contributed by atoms with Crippen molar-refractivity contribution in [3.63, 3.8) is 0 Å². The molecule has 1 aromatic rings. The first-order valence-corrected chi connectivity index (χ1v) is 4.23. The number of rotatable bonds is 2. The Morgan fingerprint density at radius 2 is 2.13 bits per heavy atom. The molecular weight excluding hydrogens is 213 g/mol. The fourth-order valence-electron chi connectivity index (χ4n) is 1.44. The van der Waals surface area contributed by atoms with Crippen LogP contribution in [0.25, 0.3) is 0 Å². The fraction of sp³-hybridized carbons (Fsp3) is 0.500. The van der Waals surface area contributed by atoms with Crippen LogP contribution in [0.15, 0.2) is 6.07 Å². The highest BCUT2D eigenvalue weighted by Crippen LogP contribution is 2.48. The maximum atomic E-state index is 12.2. The summed E-state index contributed by atoms with van der Waals surface area (Å²) in [6, 6.07) is 0.765. The average molecular weight is 220 g/mol. The van der Waals surface area contributed by atoms with Gasteiger partial charge in [-0.25, -0.2) is 0 Å². The van der Waals surface area contributed by atoms with E-state index in [1.165, 1.54) is 0 Å². The molecule has 1 aliphatic rings. The number of carbonyl (C=O) groups is 1. The highest BCUT2D eigenvalue weighted by molar-refractivity contribution is 5.84. The van der Waals surface area contributed by atoms with E-state index >= 15 is 0 Å². The third-order valence-electron chi connectivity index (χ3n) is 2.54. The van der Waals surface area contributed by atoms with Crippen molar-refractivity contribution in [3.8, 4) is 0 Å². The van der Waals surface area contributed by atoms with Crippen molar-refractivity contribution in [1.29, 1.82) is 0 Å². The van der Waals surface area contributed by atoms with E-state index in [4.69, 9.17) is 5.11 Å². The number of alkyl halides is 3. The average Bonchev–Trinajstić information content (AvgIpc) is 2.75. The smallest absolute Gasteiger partial charge is 0.435 e. The molecule has 1 aliphatic carbocycles. The van der Waals surface area contributed by atoms with Gasteiger partial charge in [-0.2, -0.15) is 18.3 Å². The van der Waals surface area contributed by atoms with Crippen LogP contribution in [-0.4, -0.2) is 21.3 Å². The van der Waals surface area contributed by atoms with Gasteiger partial charge in [-0.1, -0.05) is 0 Å². The van der Waals surface area contributed by atoms with E-state index in [1.54, 1.807) is 0 Å². The molecule has 7 heteroatoms. The van der Waals surface area contributed by atoms with Crippen LogP contribution >= 0.6 is 0 Å². The number of aliphatic carboxylic acids is 1. The molecule has 4 nitrogen and oxygen atoms in total. The van der Waals surface area contributed by atoms with Gasteiger partial charge in [0.1, 0.15) is 5.41 Å². The summed E-state index contributed by atoms with van der Waals surface area (Å²) in [6.45, 7) is 0. The van der Waals surface area contributed by atoms with E-state index in [-0.39, 0.29) is 5.69 Å². The van der Waals surface area contributed by atoms with E-state index < -0.39 is 23.3 Å². The molecule has 0 aromatic carbocycles. The zero-order valence-electron chi connectivity index (χ0n) is 7.43. The summed E-state index contributed by atoms with van der Waals surface area (Å²) >= 11 is 0. The molecule has 0 unspecified atom stereocenters. The molecule has 0 bridgehead atoms. The molecule has 2 rings (SSSR count). The van der Waals surface area contributed by atoms with Crippen molar-refractivity contribution in [1.82, 2.24) is 10.2 Å². The van der Waals surface area contributed by atoms with Crippen LogP contribution in [0.2, 0.25) is 0 Å². The van der Waals surface area contributed by atoms with Crippen LogP contribution in [0.4, 0.5) is 13.2 Å². The fourth-order valence-corrected chi connectivity index (χ4v) is 1.44. The van der Waals surface area contributed by atoms with Crippen LogP contribution in [0.1, 0.15) is 24.2 Å². The molecule has 0 radical (unpaired) electrons. The van der Waals surface area contributed by atoms with Crippen molar-refractivity contribution in [2.24, 2.45) is 0 Å². The van der Waals surface area contributed by atoms with Gasteiger partial charge in [0.05, 0.1) is 5.69 Å². The number of aromatic nitrogens is 2. The van der Waals surface area contributed by atoms with Gasteiger partial charge in [0.25, 0.3) is 0 Å². The number of carboxylic acid groups (broad SMARTS) is 1. The Morgan fingerprint density at radius 3 is 2.47 bits per heavy atom. The quantitative estimate of drug-likeness (QED) is 0.794. The molecule has 1 aromatic heterocycles. The lowest BCUT2D eigenvalue weighted by Gasteiger charge is -2.04. The molecule has 1 heterocycles. The van der Waals surface area contributed by atoms with E-state index in [1.807, 2.05) is 0 Å². The molecule has 1 fully saturated rings. The first kappa shape index (κ1) is 10.0. The monoisotopic (exact) mass is 220 g/mol. The number of halogens is 3. The Labute approximate surface area is 82.1 Å². The Hall–Kier alpha value is -1.53. The SMILES string of the molecule is O=C(O)C1(c2cc(C(F)(F)F)n[nH]2)CC1. The molecule has 82 valence electrons. The van der Waals surface area contributed by atoms with Crippen LogP contribution in [0, 0.1) is 0 Å². The summed E-state index contributed by atoms with van der Waals surface area (Å²) in [6.07, 6.45) is -3.84. The van der Waals surface area contributed by atoms with Crippen LogP contribution in [0.5, 0.6) is 0 Å². The van der Waals surface area contributed by atoms with Crippen LogP contribution in [-0.2, 0) is 16.4 Å². The molecule has 0 spiro atoms. The van der Waals surface area contributed by atoms with Crippen molar-refractivity contribution >= 4 is 5.97 Å². The number of H-pyrrole nitrogens is 1. The molecule has 15 heavy (non-hydrogen) atoms. The largest absolute Gasteiger partial charge is 0.481 e. The summed E-state index contributed by atoms with van der Waals surface area (Å²) in [5.74, 6) is -1.11. The molecule has 0 aliphatic heterocycles. The number of carboxylic acids is 1. The van der Waals surface area contributed by atoms with Crippen molar-refractivity contribution in [2.45, 2.75) is 24.4 Å². The predicted molar refractivity (Wildman–Crippen MR) is 42.1 cm³/mol. The van der Waals surface area contributed by atoms with Gasteiger partial charge in [-0.05, 0) is 18.9 Å². The van der Waals surface area contributed by atoms with Gasteiger partial charge in [-0.15, -0.1) is 0 Å². The maximum Gasteiger partial charge on any atom is 0.435 e. The number of nitrogens with one attached hydrogen (secondary N) is 1. The lowest BCUT2D eigenvalue weighted by Crippen LogP contribution is -2.19. The van der Waals surface area contributed by atoms with Gasteiger partial charge >= 0.3 is 12.1 Å². The van der Waals surface area contributed by atoms with Gasteiger partial charge in [-0.3, -0.25) is 9.89 Å². The first-order chi connectivity index (χ1) is 6.86. The minimum absolute atomic E-state index is 0.0299. The van der Waals surface area contributed by atoms with Crippen molar-refractivity contribution < 1.29 is 23.1 Å². The summed E-state index contributed by atoms with van der Waals surface area (Å²) in [5.41, 5.74) is -2.22. The number of hydrogen-bond acceptors (Lipinski definition) is 2. The standard InChI is InChI=1S/C8H7F3N2O2/c9-8(10,11)5-3-4(12-13-5)7(1-2-7)6(14)15/h3H,1-2H2,(H,12,13)(H,14,15). The third kappa shape index (κ3) is 1.47. The second-order valence-electron chi connectivity index (χ2n) is 3.55. The summed E-state index contributed by atoms with van der Waals surface area (Å²) < 4.78 is 36.5. The Bertz CT molecular complexity index is 406. The summed E-state index contributed by atoms with van der Waals surface area (Å²) in [7, 11) is 0. The lowest BCUT2D eigenvalue weighted by molar-refractivity contribution is -0.142. The van der Waals surface area contributed by atoms with E-state index in [9.17, 15) is 18.0 Å². The molecule has 0 atom stereocenters. The van der Waals surface area contributed by atoms with E-state index in [0.717, 1.165) is 6.07 Å².